The van der Waals surface area contributed by atoms with E-state index in [1.54, 1.807) is 18.5 Å². The van der Waals surface area contributed by atoms with E-state index in [1.807, 2.05) is 24.3 Å². The molecule has 0 amide bonds. The Labute approximate surface area is 155 Å². The Kier molecular flexibility index (Phi) is 4.76. The fraction of sp³-hybridized carbons (Fsp3) is 0.238. The van der Waals surface area contributed by atoms with Crippen molar-refractivity contribution in [3.63, 3.8) is 0 Å². The number of hydrogen-bond donors (Lipinski definition) is 0. The fourth-order valence-electron chi connectivity index (χ4n) is 3.44. The largest absolute Gasteiger partial charge is 0.418 e. The average molecular weight is 372 g/mol. The summed E-state index contributed by atoms with van der Waals surface area (Å²) in [4.78, 5) is 2.19. The van der Waals surface area contributed by atoms with E-state index in [-0.39, 0.29) is 11.9 Å². The molecule has 27 heavy (non-hydrogen) atoms. The third-order valence-corrected chi connectivity index (χ3v) is 4.70. The highest BCUT2D eigenvalue weighted by Gasteiger charge is 2.34. The van der Waals surface area contributed by atoms with Crippen LogP contribution in [0.25, 0.3) is 5.69 Å². The van der Waals surface area contributed by atoms with Gasteiger partial charge in [0, 0.05) is 31.0 Å². The summed E-state index contributed by atoms with van der Waals surface area (Å²) in [5.74, 6) is 0. The number of halogens is 3. The van der Waals surface area contributed by atoms with Crippen LogP contribution < -0.4 is 0 Å². The van der Waals surface area contributed by atoms with Gasteiger partial charge in [0.25, 0.3) is 0 Å². The lowest BCUT2D eigenvalue weighted by Gasteiger charge is -2.22. The molecule has 0 N–H and O–H groups in total. The summed E-state index contributed by atoms with van der Waals surface area (Å²) in [5, 5.41) is 0. The molecule has 1 saturated heterocycles. The number of rotatable bonds is 4. The van der Waals surface area contributed by atoms with Crippen molar-refractivity contribution < 1.29 is 17.9 Å². The molecule has 0 aliphatic carbocycles. The van der Waals surface area contributed by atoms with Crippen LogP contribution in [0.5, 0.6) is 0 Å². The van der Waals surface area contributed by atoms with Crippen LogP contribution >= 0.6 is 0 Å². The standard InChI is InChI=1S/C21H19F3N2O/c22-21(23,24)18-8-4-5-9-19(18)25-11-10-17(15-25)20-26(12-13-27-20)14-16-6-2-1-3-7-16/h1-11,15,20H,12-14H2/t20-/m0/s1. The van der Waals surface area contributed by atoms with Crippen LogP contribution in [0.4, 0.5) is 13.2 Å². The SMILES string of the molecule is FC(F)(F)c1ccccc1-n1ccc([C@@H]2OCCN2Cc2ccccc2)c1. The second-order valence-electron chi connectivity index (χ2n) is 6.55. The Morgan fingerprint density at radius 1 is 0.963 bits per heavy atom. The van der Waals surface area contributed by atoms with Crippen molar-refractivity contribution >= 4 is 0 Å². The normalized spacial score (nSPS) is 18.1. The van der Waals surface area contributed by atoms with Gasteiger partial charge in [-0.25, -0.2) is 0 Å². The molecule has 1 aliphatic heterocycles. The van der Waals surface area contributed by atoms with Crippen LogP contribution in [0.1, 0.15) is 22.9 Å². The Bertz CT molecular complexity index is 905. The molecule has 1 aromatic heterocycles. The summed E-state index contributed by atoms with van der Waals surface area (Å²) < 4.78 is 47.3. The first-order valence-corrected chi connectivity index (χ1v) is 8.76. The molecule has 140 valence electrons. The summed E-state index contributed by atoms with van der Waals surface area (Å²) >= 11 is 0. The zero-order valence-electron chi connectivity index (χ0n) is 14.6. The van der Waals surface area contributed by atoms with Gasteiger partial charge in [0.1, 0.15) is 6.23 Å². The third kappa shape index (κ3) is 3.77. The maximum absolute atomic E-state index is 13.3. The van der Waals surface area contributed by atoms with Gasteiger partial charge in [-0.2, -0.15) is 13.2 Å². The smallest absolute Gasteiger partial charge is 0.357 e. The predicted molar refractivity (Wildman–Crippen MR) is 96.3 cm³/mol. The van der Waals surface area contributed by atoms with Crippen molar-refractivity contribution in [3.8, 4) is 5.69 Å². The molecule has 0 bridgehead atoms. The van der Waals surface area contributed by atoms with Crippen LogP contribution in [0, 0.1) is 0 Å². The van der Waals surface area contributed by atoms with Crippen LogP contribution in [0.3, 0.4) is 0 Å². The van der Waals surface area contributed by atoms with Gasteiger partial charge in [0.2, 0.25) is 0 Å². The van der Waals surface area contributed by atoms with E-state index in [2.05, 4.69) is 17.0 Å². The minimum Gasteiger partial charge on any atom is -0.357 e. The monoisotopic (exact) mass is 372 g/mol. The molecule has 4 rings (SSSR count). The first-order valence-electron chi connectivity index (χ1n) is 8.76. The molecule has 3 aromatic rings. The molecule has 1 aliphatic rings. The number of aromatic nitrogens is 1. The van der Waals surface area contributed by atoms with E-state index in [0.717, 1.165) is 24.7 Å². The lowest BCUT2D eigenvalue weighted by atomic mass is 10.1. The molecule has 2 heterocycles. The quantitative estimate of drug-likeness (QED) is 0.639. The van der Waals surface area contributed by atoms with E-state index in [0.29, 0.717) is 6.61 Å². The fourth-order valence-corrected chi connectivity index (χ4v) is 3.44. The molecule has 0 spiro atoms. The molecule has 2 aromatic carbocycles. The number of para-hydroxylation sites is 1. The van der Waals surface area contributed by atoms with E-state index < -0.39 is 11.7 Å². The Morgan fingerprint density at radius 3 is 2.48 bits per heavy atom. The van der Waals surface area contributed by atoms with Crippen molar-refractivity contribution in [2.45, 2.75) is 18.9 Å². The van der Waals surface area contributed by atoms with Gasteiger partial charge in [0.05, 0.1) is 17.9 Å². The molecule has 0 saturated carbocycles. The highest BCUT2D eigenvalue weighted by Crippen LogP contribution is 2.35. The summed E-state index contributed by atoms with van der Waals surface area (Å²) in [5.41, 5.74) is 1.49. The van der Waals surface area contributed by atoms with Crippen molar-refractivity contribution in [1.29, 1.82) is 0 Å². The zero-order chi connectivity index (χ0) is 18.9. The number of hydrogen-bond acceptors (Lipinski definition) is 2. The molecule has 1 fully saturated rings. The van der Waals surface area contributed by atoms with Gasteiger partial charge in [-0.3, -0.25) is 4.90 Å². The Balaban J connectivity index is 1.59. The first-order chi connectivity index (χ1) is 13.0. The maximum Gasteiger partial charge on any atom is 0.418 e. The zero-order valence-corrected chi connectivity index (χ0v) is 14.6. The minimum absolute atomic E-state index is 0.115. The summed E-state index contributed by atoms with van der Waals surface area (Å²) in [6.07, 6.45) is -1.28. The molecule has 3 nitrogen and oxygen atoms in total. The van der Waals surface area contributed by atoms with Gasteiger partial charge >= 0.3 is 6.18 Å². The lowest BCUT2D eigenvalue weighted by Crippen LogP contribution is -2.23. The summed E-state index contributed by atoms with van der Waals surface area (Å²) in [6, 6.07) is 17.5. The van der Waals surface area contributed by atoms with Gasteiger partial charge in [-0.05, 0) is 23.8 Å². The van der Waals surface area contributed by atoms with Crippen LogP contribution in [-0.4, -0.2) is 22.6 Å². The van der Waals surface area contributed by atoms with Crippen molar-refractivity contribution in [1.82, 2.24) is 9.47 Å². The maximum atomic E-state index is 13.3. The van der Waals surface area contributed by atoms with E-state index >= 15 is 0 Å². The van der Waals surface area contributed by atoms with E-state index in [4.69, 9.17) is 4.74 Å². The Morgan fingerprint density at radius 2 is 1.70 bits per heavy atom. The summed E-state index contributed by atoms with van der Waals surface area (Å²) in [6.45, 7) is 2.11. The molecule has 0 radical (unpaired) electrons. The topological polar surface area (TPSA) is 17.4 Å². The third-order valence-electron chi connectivity index (χ3n) is 4.70. The van der Waals surface area contributed by atoms with E-state index in [9.17, 15) is 13.2 Å². The average Bonchev–Trinajstić information content (AvgIpc) is 3.31. The van der Waals surface area contributed by atoms with E-state index in [1.165, 1.54) is 22.3 Å². The van der Waals surface area contributed by atoms with Gasteiger partial charge in [0.15, 0.2) is 0 Å². The molecule has 6 heteroatoms. The minimum atomic E-state index is -4.40. The van der Waals surface area contributed by atoms with Crippen molar-refractivity contribution in [2.75, 3.05) is 13.2 Å². The van der Waals surface area contributed by atoms with Crippen LogP contribution in [0.2, 0.25) is 0 Å². The molecular formula is C21H19F3N2O. The summed E-state index contributed by atoms with van der Waals surface area (Å²) in [7, 11) is 0. The van der Waals surface area contributed by atoms with Crippen molar-refractivity contribution in [2.24, 2.45) is 0 Å². The van der Waals surface area contributed by atoms with Crippen molar-refractivity contribution in [3.05, 3.63) is 89.7 Å². The van der Waals surface area contributed by atoms with Crippen LogP contribution in [-0.2, 0) is 17.5 Å². The predicted octanol–water partition coefficient (Wildman–Crippen LogP) is 5.03. The number of benzene rings is 2. The highest BCUT2D eigenvalue weighted by atomic mass is 19.4. The molecule has 0 unspecified atom stereocenters. The number of alkyl halides is 3. The number of nitrogens with zero attached hydrogens (tertiary/aromatic N) is 2. The second kappa shape index (κ2) is 7.21. The molecule has 1 atom stereocenters. The lowest BCUT2D eigenvalue weighted by molar-refractivity contribution is -0.137. The second-order valence-corrected chi connectivity index (χ2v) is 6.55. The van der Waals surface area contributed by atoms with Gasteiger partial charge in [-0.1, -0.05) is 42.5 Å². The van der Waals surface area contributed by atoms with Gasteiger partial charge in [-0.15, -0.1) is 0 Å². The number of ether oxygens (including phenoxy) is 1. The van der Waals surface area contributed by atoms with Gasteiger partial charge < -0.3 is 9.30 Å². The molecular weight excluding hydrogens is 353 g/mol. The first kappa shape index (κ1) is 17.8. The highest BCUT2D eigenvalue weighted by molar-refractivity contribution is 5.44. The van der Waals surface area contributed by atoms with Crippen LogP contribution in [0.15, 0.2) is 73.1 Å². The Hall–Kier alpha value is -2.57.